The average Bonchev–Trinajstić information content (AvgIpc) is 3.13. The second-order valence-corrected chi connectivity index (χ2v) is 15.2. The van der Waals surface area contributed by atoms with E-state index in [9.17, 15) is 13.0 Å². The van der Waals surface area contributed by atoms with E-state index in [2.05, 4.69) is 27.7 Å². The van der Waals surface area contributed by atoms with Gasteiger partial charge < -0.3 is 0 Å². The summed E-state index contributed by atoms with van der Waals surface area (Å²) in [6, 6.07) is 0. The highest BCUT2D eigenvalue weighted by atomic mass is 32.3. The summed E-state index contributed by atoms with van der Waals surface area (Å²) < 4.78 is 36.9. The maximum absolute atomic E-state index is 11.3. The van der Waals surface area contributed by atoms with E-state index in [-0.39, 0.29) is 5.92 Å². The van der Waals surface area contributed by atoms with Crippen molar-refractivity contribution in [2.75, 3.05) is 0 Å². The first-order chi connectivity index (χ1) is 16.4. The quantitative estimate of drug-likeness (QED) is 0.317. The Labute approximate surface area is 216 Å². The third kappa shape index (κ3) is 5.53. The molecule has 4 saturated carbocycles. The van der Waals surface area contributed by atoms with Gasteiger partial charge in [0.05, 0.1) is 6.10 Å². The molecule has 0 amide bonds. The van der Waals surface area contributed by atoms with E-state index in [0.29, 0.717) is 23.2 Å². The van der Waals surface area contributed by atoms with Crippen LogP contribution in [0, 0.1) is 58.2 Å². The Balaban J connectivity index is 1.41. The molecule has 5 heteroatoms. The minimum absolute atomic E-state index is 0.0647. The summed E-state index contributed by atoms with van der Waals surface area (Å²) in [5, 5.41) is 0. The average molecular weight is 511 g/mol. The van der Waals surface area contributed by atoms with Gasteiger partial charge in [-0.1, -0.05) is 54.4 Å². The third-order valence-electron chi connectivity index (χ3n) is 12.1. The summed E-state index contributed by atoms with van der Waals surface area (Å²) in [4.78, 5) is 0. The van der Waals surface area contributed by atoms with Crippen LogP contribution < -0.4 is 0 Å². The monoisotopic (exact) mass is 510 g/mol. The molecule has 0 aromatic rings. The fourth-order valence-electron chi connectivity index (χ4n) is 10.3. The second kappa shape index (κ2) is 10.6. The molecule has 0 aliphatic heterocycles. The van der Waals surface area contributed by atoms with E-state index >= 15 is 0 Å². The fraction of sp³-hybridized carbons (Fsp3) is 1.00. The molecule has 10 atom stereocenters. The molecule has 9 unspecified atom stereocenters. The largest absolute Gasteiger partial charge is 0.397 e. The maximum Gasteiger partial charge on any atom is 0.397 e. The standard InChI is InChI=1S/C30H54O4S/c1-7-8-22-15-17-29(5)23(19-22)10-11-24-26-13-12-25(30(26,6)18-16-27(24)29)21(4)9-14-28(20(2)3)34-35(31,32)33/h20-28H,7-19H2,1-6H3,(H,31,32,33)/t21-,22?,23?,24?,25?,26?,27?,28?,29?,30?/m1/s1. The van der Waals surface area contributed by atoms with Gasteiger partial charge in [0.1, 0.15) is 0 Å². The molecular formula is C30H54O4S. The van der Waals surface area contributed by atoms with Gasteiger partial charge in [-0.2, -0.15) is 8.42 Å². The number of hydrogen-bond acceptors (Lipinski definition) is 3. The number of fused-ring (bicyclic) bond motifs is 5. The van der Waals surface area contributed by atoms with Gasteiger partial charge in [-0.3, -0.25) is 4.55 Å². The maximum atomic E-state index is 11.3. The normalized spacial score (nSPS) is 43.3. The van der Waals surface area contributed by atoms with E-state index in [1.807, 2.05) is 13.8 Å². The van der Waals surface area contributed by atoms with Crippen LogP contribution in [0.3, 0.4) is 0 Å². The summed E-state index contributed by atoms with van der Waals surface area (Å²) in [5.41, 5.74) is 1.01. The van der Waals surface area contributed by atoms with Crippen LogP contribution in [0.1, 0.15) is 125 Å². The van der Waals surface area contributed by atoms with Crippen molar-refractivity contribution >= 4 is 10.4 Å². The van der Waals surface area contributed by atoms with Crippen LogP contribution in [-0.2, 0) is 14.6 Å². The minimum atomic E-state index is -4.40. The molecule has 0 heterocycles. The molecule has 4 nitrogen and oxygen atoms in total. The Morgan fingerprint density at radius 2 is 1.60 bits per heavy atom. The van der Waals surface area contributed by atoms with Crippen molar-refractivity contribution in [2.45, 2.75) is 131 Å². The first-order valence-electron chi connectivity index (χ1n) is 15.0. The van der Waals surface area contributed by atoms with Crippen LogP contribution in [-0.4, -0.2) is 19.1 Å². The Morgan fingerprint density at radius 1 is 0.914 bits per heavy atom. The Morgan fingerprint density at radius 3 is 2.26 bits per heavy atom. The van der Waals surface area contributed by atoms with Gasteiger partial charge in [0, 0.05) is 0 Å². The second-order valence-electron chi connectivity index (χ2n) is 14.2. The first kappa shape index (κ1) is 27.9. The predicted octanol–water partition coefficient (Wildman–Crippen LogP) is 8.32. The van der Waals surface area contributed by atoms with Gasteiger partial charge in [-0.15, -0.1) is 0 Å². The summed E-state index contributed by atoms with van der Waals surface area (Å²) in [5.74, 6) is 6.02. The predicted molar refractivity (Wildman–Crippen MR) is 143 cm³/mol. The van der Waals surface area contributed by atoms with Crippen molar-refractivity contribution in [1.29, 1.82) is 0 Å². The van der Waals surface area contributed by atoms with E-state index in [4.69, 9.17) is 4.18 Å². The lowest BCUT2D eigenvalue weighted by molar-refractivity contribution is -0.121. The topological polar surface area (TPSA) is 63.6 Å². The Kier molecular flexibility index (Phi) is 8.41. The lowest BCUT2D eigenvalue weighted by Gasteiger charge is -2.61. The van der Waals surface area contributed by atoms with Crippen molar-refractivity contribution in [3.63, 3.8) is 0 Å². The van der Waals surface area contributed by atoms with Crippen molar-refractivity contribution in [3.8, 4) is 0 Å². The van der Waals surface area contributed by atoms with Gasteiger partial charge in [0.15, 0.2) is 0 Å². The first-order valence-corrected chi connectivity index (χ1v) is 16.4. The number of rotatable bonds is 9. The molecule has 0 spiro atoms. The van der Waals surface area contributed by atoms with Crippen molar-refractivity contribution < 1.29 is 17.2 Å². The highest BCUT2D eigenvalue weighted by Gasteiger charge is 2.60. The van der Waals surface area contributed by atoms with E-state index < -0.39 is 16.5 Å². The molecule has 0 radical (unpaired) electrons. The molecular weight excluding hydrogens is 456 g/mol. The molecule has 0 aromatic carbocycles. The van der Waals surface area contributed by atoms with Gasteiger partial charge in [0.25, 0.3) is 0 Å². The zero-order valence-electron chi connectivity index (χ0n) is 23.5. The van der Waals surface area contributed by atoms with Crippen LogP contribution in [0.4, 0.5) is 0 Å². The smallest absolute Gasteiger partial charge is 0.264 e. The van der Waals surface area contributed by atoms with E-state index in [1.165, 1.54) is 70.6 Å². The summed E-state index contributed by atoms with van der Waals surface area (Å²) >= 11 is 0. The third-order valence-corrected chi connectivity index (χ3v) is 12.6. The SMILES string of the molecule is CCCC1CCC2(C)C(CCC3C2CCC2(C)C3CCC2[C@H](C)CCC(OS(=O)(=O)O)C(C)C)C1. The number of hydrogen-bond donors (Lipinski definition) is 1. The van der Waals surface area contributed by atoms with Crippen LogP contribution >= 0.6 is 0 Å². The van der Waals surface area contributed by atoms with Gasteiger partial charge in [0.2, 0.25) is 0 Å². The Bertz CT molecular complexity index is 824. The molecule has 0 saturated heterocycles. The van der Waals surface area contributed by atoms with Gasteiger partial charge >= 0.3 is 10.4 Å². The van der Waals surface area contributed by atoms with Gasteiger partial charge in [-0.25, -0.2) is 4.18 Å². The molecule has 4 fully saturated rings. The molecule has 4 aliphatic rings. The molecule has 4 rings (SSSR count). The highest BCUT2D eigenvalue weighted by molar-refractivity contribution is 7.80. The lowest BCUT2D eigenvalue weighted by Crippen LogP contribution is -2.53. The van der Waals surface area contributed by atoms with Crippen LogP contribution in [0.15, 0.2) is 0 Å². The lowest BCUT2D eigenvalue weighted by atomic mass is 9.44. The van der Waals surface area contributed by atoms with Crippen molar-refractivity contribution in [1.82, 2.24) is 0 Å². The van der Waals surface area contributed by atoms with Gasteiger partial charge in [-0.05, 0) is 129 Å². The molecule has 1 N–H and O–H groups in total. The van der Waals surface area contributed by atoms with Crippen LogP contribution in [0.2, 0.25) is 0 Å². The highest BCUT2D eigenvalue weighted by Crippen LogP contribution is 2.68. The molecule has 35 heavy (non-hydrogen) atoms. The fourth-order valence-corrected chi connectivity index (χ4v) is 10.9. The Hall–Kier alpha value is -0.130. The summed E-state index contributed by atoms with van der Waals surface area (Å²) in [6.07, 6.45) is 16.9. The summed E-state index contributed by atoms with van der Waals surface area (Å²) in [7, 11) is -4.40. The van der Waals surface area contributed by atoms with Crippen molar-refractivity contribution in [2.24, 2.45) is 58.2 Å². The van der Waals surface area contributed by atoms with Crippen LogP contribution in [0.25, 0.3) is 0 Å². The molecule has 0 bridgehead atoms. The molecule has 204 valence electrons. The van der Waals surface area contributed by atoms with Crippen molar-refractivity contribution in [3.05, 3.63) is 0 Å². The zero-order valence-corrected chi connectivity index (χ0v) is 24.3. The molecule has 4 aliphatic carbocycles. The van der Waals surface area contributed by atoms with Crippen LogP contribution in [0.5, 0.6) is 0 Å². The minimum Gasteiger partial charge on any atom is -0.264 e. The zero-order chi connectivity index (χ0) is 25.6. The molecule has 0 aromatic heterocycles. The van der Waals surface area contributed by atoms with E-state index in [1.54, 1.807) is 0 Å². The summed E-state index contributed by atoms with van der Waals surface area (Å²) in [6.45, 7) is 14.0. The van der Waals surface area contributed by atoms with E-state index in [0.717, 1.165) is 41.9 Å².